The lowest BCUT2D eigenvalue weighted by molar-refractivity contribution is -0.305. The van der Waals surface area contributed by atoms with Gasteiger partial charge < -0.3 is 20.3 Å². The van der Waals surface area contributed by atoms with Gasteiger partial charge in [0.1, 0.15) is 5.75 Å². The second kappa shape index (κ2) is 6.59. The quantitative estimate of drug-likeness (QED) is 0.602. The van der Waals surface area contributed by atoms with E-state index < -0.39 is 23.5 Å². The Labute approximate surface area is 128 Å². The molecule has 2 N–H and O–H groups in total. The van der Waals surface area contributed by atoms with E-state index in [2.05, 4.69) is 15.5 Å². The highest BCUT2D eigenvalue weighted by atomic mass is 35.5. The van der Waals surface area contributed by atoms with Crippen molar-refractivity contribution >= 4 is 46.6 Å². The Hall–Kier alpha value is -2.06. The predicted octanol–water partition coefficient (Wildman–Crippen LogP) is 0.107. The highest BCUT2D eigenvalue weighted by Crippen LogP contribution is 2.22. The Kier molecular flexibility index (Phi) is 4.81. The van der Waals surface area contributed by atoms with Crippen LogP contribution in [-0.2, 0) is 9.59 Å². The summed E-state index contributed by atoms with van der Waals surface area (Å²) in [6, 6.07) is 4.44. The predicted molar refractivity (Wildman–Crippen MR) is 77.3 cm³/mol. The number of rotatable bonds is 4. The molecule has 0 unspecified atom stereocenters. The molecule has 0 spiro atoms. The first-order valence-electron chi connectivity index (χ1n) is 5.72. The third-order valence-electron chi connectivity index (χ3n) is 2.46. The van der Waals surface area contributed by atoms with Crippen molar-refractivity contribution in [3.63, 3.8) is 0 Å². The van der Waals surface area contributed by atoms with E-state index in [4.69, 9.17) is 11.6 Å². The number of carbonyl (C=O) groups excluding carboxylic acids is 2. The van der Waals surface area contributed by atoms with Gasteiger partial charge >= 0.3 is 0 Å². The number of thioether (sulfide) groups is 1. The molecule has 0 radical (unpaired) electrons. The summed E-state index contributed by atoms with van der Waals surface area (Å²) in [6.07, 6.45) is 0.876. The minimum Gasteiger partial charge on any atom is -0.550 e. The second-order valence-corrected chi connectivity index (χ2v) is 5.65. The molecule has 9 heteroatoms. The molecule has 1 fully saturated rings. The molecule has 21 heavy (non-hydrogen) atoms. The number of halogens is 1. The molecule has 1 amide bonds. The lowest BCUT2D eigenvalue weighted by atomic mass is 10.2. The van der Waals surface area contributed by atoms with Crippen LogP contribution in [0.5, 0.6) is 5.75 Å². The van der Waals surface area contributed by atoms with Crippen molar-refractivity contribution in [2.24, 2.45) is 10.2 Å². The highest BCUT2D eigenvalue weighted by Gasteiger charge is 2.30. The molecule has 7 nitrogen and oxygen atoms in total. The number of phenolic OH excluding ortho intramolecular Hbond substituents is 1. The number of carboxylic acid groups (broad SMARTS) is 1. The zero-order chi connectivity index (χ0) is 15.4. The number of aliphatic carboxylic acids is 1. The van der Waals surface area contributed by atoms with Crippen molar-refractivity contribution in [3.8, 4) is 5.75 Å². The molecule has 1 atom stereocenters. The SMILES string of the molecule is O=C([O-])C[C@@H]1S/C(=N/N=C/c2cc(Cl)ccc2O)NC1=O. The van der Waals surface area contributed by atoms with Gasteiger partial charge in [-0.1, -0.05) is 23.4 Å². The average molecular weight is 327 g/mol. The van der Waals surface area contributed by atoms with Crippen LogP contribution in [0.2, 0.25) is 5.02 Å². The van der Waals surface area contributed by atoms with Crippen molar-refractivity contribution in [2.45, 2.75) is 11.7 Å². The first-order chi connectivity index (χ1) is 9.95. The molecule has 1 aliphatic rings. The fourth-order valence-corrected chi connectivity index (χ4v) is 2.60. The lowest BCUT2D eigenvalue weighted by Gasteiger charge is -2.04. The number of amides is 1. The summed E-state index contributed by atoms with van der Waals surface area (Å²) >= 11 is 6.73. The van der Waals surface area contributed by atoms with E-state index >= 15 is 0 Å². The van der Waals surface area contributed by atoms with Gasteiger partial charge in [0.15, 0.2) is 5.17 Å². The molecule has 2 rings (SSSR count). The van der Waals surface area contributed by atoms with Crippen molar-refractivity contribution in [1.29, 1.82) is 0 Å². The van der Waals surface area contributed by atoms with Gasteiger partial charge in [0.05, 0.1) is 11.5 Å². The molecule has 110 valence electrons. The van der Waals surface area contributed by atoms with Crippen LogP contribution < -0.4 is 10.4 Å². The third kappa shape index (κ3) is 4.20. The molecule has 1 aromatic rings. The topological polar surface area (TPSA) is 114 Å². The van der Waals surface area contributed by atoms with E-state index in [0.29, 0.717) is 10.6 Å². The van der Waals surface area contributed by atoms with Crippen LogP contribution in [-0.4, -0.2) is 33.6 Å². The number of carboxylic acids is 1. The summed E-state index contributed by atoms with van der Waals surface area (Å²) in [4.78, 5) is 21.9. The fourth-order valence-electron chi connectivity index (χ4n) is 1.51. The molecular formula is C12H9ClN3O4S-. The molecule has 1 heterocycles. The average Bonchev–Trinajstić information content (AvgIpc) is 2.73. The number of phenols is 1. The van der Waals surface area contributed by atoms with Crippen LogP contribution in [0.3, 0.4) is 0 Å². The largest absolute Gasteiger partial charge is 0.550 e. The van der Waals surface area contributed by atoms with Crippen LogP contribution >= 0.6 is 23.4 Å². The number of amidine groups is 1. The number of benzene rings is 1. The summed E-state index contributed by atoms with van der Waals surface area (Å²) < 4.78 is 0. The number of nitrogens with zero attached hydrogens (tertiary/aromatic N) is 2. The summed E-state index contributed by atoms with van der Waals surface area (Å²) in [6.45, 7) is 0. The maximum Gasteiger partial charge on any atom is 0.239 e. The number of hydrogen-bond donors (Lipinski definition) is 2. The van der Waals surface area contributed by atoms with E-state index in [-0.39, 0.29) is 10.9 Å². The van der Waals surface area contributed by atoms with Gasteiger partial charge in [0, 0.05) is 23.0 Å². The van der Waals surface area contributed by atoms with E-state index in [9.17, 15) is 19.8 Å². The first-order valence-corrected chi connectivity index (χ1v) is 6.98. The van der Waals surface area contributed by atoms with E-state index in [0.717, 1.165) is 11.8 Å². The van der Waals surface area contributed by atoms with Crippen LogP contribution in [0.1, 0.15) is 12.0 Å². The van der Waals surface area contributed by atoms with Crippen molar-refractivity contribution in [1.82, 2.24) is 5.32 Å². The van der Waals surface area contributed by atoms with Crippen LogP contribution in [0, 0.1) is 0 Å². The van der Waals surface area contributed by atoms with Gasteiger partial charge in [0.25, 0.3) is 0 Å². The normalized spacial score (nSPS) is 20.1. The monoisotopic (exact) mass is 326 g/mol. The summed E-state index contributed by atoms with van der Waals surface area (Å²) in [5, 5.41) is 29.7. The minimum atomic E-state index is -1.31. The zero-order valence-corrected chi connectivity index (χ0v) is 12.0. The zero-order valence-electron chi connectivity index (χ0n) is 10.4. The number of carbonyl (C=O) groups is 2. The summed E-state index contributed by atoms with van der Waals surface area (Å²) in [5.41, 5.74) is 0.368. The highest BCUT2D eigenvalue weighted by molar-refractivity contribution is 8.15. The van der Waals surface area contributed by atoms with Gasteiger partial charge in [-0.25, -0.2) is 0 Å². The first kappa shape index (κ1) is 15.3. The summed E-state index contributed by atoms with van der Waals surface area (Å²) in [5.74, 6) is -1.78. The fraction of sp³-hybridized carbons (Fsp3) is 0.167. The second-order valence-electron chi connectivity index (χ2n) is 4.02. The van der Waals surface area contributed by atoms with Crippen molar-refractivity contribution in [2.75, 3.05) is 0 Å². The minimum absolute atomic E-state index is 0.0127. The van der Waals surface area contributed by atoms with Gasteiger partial charge in [-0.3, -0.25) is 4.79 Å². The molecule has 0 aromatic heterocycles. The Bertz CT molecular complexity index is 647. The van der Waals surface area contributed by atoms with E-state index in [1.807, 2.05) is 0 Å². The number of aromatic hydroxyl groups is 1. The molecule has 1 saturated heterocycles. The molecule has 1 aromatic carbocycles. The number of nitrogens with one attached hydrogen (secondary N) is 1. The Morgan fingerprint density at radius 1 is 1.57 bits per heavy atom. The smallest absolute Gasteiger partial charge is 0.239 e. The van der Waals surface area contributed by atoms with E-state index in [1.165, 1.54) is 24.4 Å². The van der Waals surface area contributed by atoms with Gasteiger partial charge in [-0.05, 0) is 18.2 Å². The molecular weight excluding hydrogens is 318 g/mol. The lowest BCUT2D eigenvalue weighted by Crippen LogP contribution is -2.31. The van der Waals surface area contributed by atoms with Gasteiger partial charge in [0.2, 0.25) is 5.91 Å². The molecule has 0 saturated carbocycles. The number of hydrogen-bond acceptors (Lipinski definition) is 7. The Morgan fingerprint density at radius 3 is 3.05 bits per heavy atom. The van der Waals surface area contributed by atoms with E-state index in [1.54, 1.807) is 0 Å². The Morgan fingerprint density at radius 2 is 2.33 bits per heavy atom. The van der Waals surface area contributed by atoms with Gasteiger partial charge in [-0.15, -0.1) is 5.10 Å². The molecule has 0 bridgehead atoms. The van der Waals surface area contributed by atoms with Gasteiger partial charge in [-0.2, -0.15) is 5.10 Å². The molecule has 0 aliphatic carbocycles. The van der Waals surface area contributed by atoms with Crippen LogP contribution in [0.25, 0.3) is 0 Å². The van der Waals surface area contributed by atoms with Crippen LogP contribution in [0.15, 0.2) is 28.4 Å². The Balaban J connectivity index is 2.05. The summed E-state index contributed by atoms with van der Waals surface area (Å²) in [7, 11) is 0. The maximum absolute atomic E-state index is 11.4. The van der Waals surface area contributed by atoms with Crippen molar-refractivity contribution < 1.29 is 19.8 Å². The maximum atomic E-state index is 11.4. The molecule has 1 aliphatic heterocycles. The van der Waals surface area contributed by atoms with Crippen LogP contribution in [0.4, 0.5) is 0 Å². The van der Waals surface area contributed by atoms with Crippen molar-refractivity contribution in [3.05, 3.63) is 28.8 Å². The standard InChI is InChI=1S/C12H10ClN3O4S/c13-7-1-2-8(17)6(3-7)5-14-16-12-15-11(20)9(21-12)4-10(18)19/h1-3,5,9,17H,4H2,(H,18,19)(H,15,16,20)/p-1/b14-5+/t9-/m0/s1. The third-order valence-corrected chi connectivity index (χ3v) is 3.77.